The molecule has 1 atom stereocenters. The second-order valence-electron chi connectivity index (χ2n) is 6.07. The molecule has 3 nitrogen and oxygen atoms in total. The SMILES string of the molecule is O=C(CN1CCSc2ccccc21)N1CCS[C@H]1c1ccccc1F. The van der Waals surface area contributed by atoms with Crippen molar-refractivity contribution in [3.63, 3.8) is 0 Å². The zero-order valence-electron chi connectivity index (χ0n) is 13.7. The molecule has 2 aromatic rings. The third-order valence-corrected chi connectivity index (χ3v) is 6.82. The number of anilines is 1. The highest BCUT2D eigenvalue weighted by Gasteiger charge is 2.33. The number of benzene rings is 2. The van der Waals surface area contributed by atoms with E-state index in [1.54, 1.807) is 23.9 Å². The maximum atomic E-state index is 14.2. The molecule has 2 aliphatic heterocycles. The van der Waals surface area contributed by atoms with Crippen LogP contribution in [0.1, 0.15) is 10.9 Å². The third kappa shape index (κ3) is 3.37. The van der Waals surface area contributed by atoms with E-state index in [4.69, 9.17) is 0 Å². The quantitative estimate of drug-likeness (QED) is 0.810. The molecule has 1 amide bonds. The van der Waals surface area contributed by atoms with Gasteiger partial charge in [0.15, 0.2) is 0 Å². The molecule has 1 fully saturated rings. The summed E-state index contributed by atoms with van der Waals surface area (Å²) in [5.74, 6) is 1.66. The van der Waals surface area contributed by atoms with Gasteiger partial charge in [-0.1, -0.05) is 30.3 Å². The Morgan fingerprint density at radius 1 is 1.08 bits per heavy atom. The van der Waals surface area contributed by atoms with Gasteiger partial charge in [0.05, 0.1) is 12.2 Å². The van der Waals surface area contributed by atoms with Crippen molar-refractivity contribution >= 4 is 35.1 Å². The van der Waals surface area contributed by atoms with E-state index in [1.807, 2.05) is 34.9 Å². The first-order chi connectivity index (χ1) is 12.2. The van der Waals surface area contributed by atoms with Gasteiger partial charge >= 0.3 is 0 Å². The highest BCUT2D eigenvalue weighted by Crippen LogP contribution is 2.39. The molecule has 0 aliphatic carbocycles. The van der Waals surface area contributed by atoms with Gasteiger partial charge in [-0.3, -0.25) is 4.79 Å². The van der Waals surface area contributed by atoms with E-state index in [0.29, 0.717) is 18.7 Å². The number of hydrogen-bond acceptors (Lipinski definition) is 4. The topological polar surface area (TPSA) is 23.6 Å². The van der Waals surface area contributed by atoms with Gasteiger partial charge in [-0.2, -0.15) is 0 Å². The Kier molecular flexibility index (Phi) is 4.90. The van der Waals surface area contributed by atoms with Gasteiger partial charge in [0.1, 0.15) is 11.2 Å². The normalized spacial score (nSPS) is 19.8. The first-order valence-corrected chi connectivity index (χ1v) is 10.4. The molecule has 6 heteroatoms. The molecule has 0 spiro atoms. The molecule has 0 bridgehead atoms. The second-order valence-corrected chi connectivity index (χ2v) is 8.39. The van der Waals surface area contributed by atoms with Crippen LogP contribution in [0.3, 0.4) is 0 Å². The van der Waals surface area contributed by atoms with Gasteiger partial charge in [0.25, 0.3) is 0 Å². The molecule has 2 aliphatic rings. The lowest BCUT2D eigenvalue weighted by molar-refractivity contribution is -0.129. The summed E-state index contributed by atoms with van der Waals surface area (Å²) in [6, 6.07) is 15.0. The number of rotatable bonds is 3. The summed E-state index contributed by atoms with van der Waals surface area (Å²) in [6.07, 6.45) is 0. The largest absolute Gasteiger partial charge is 0.360 e. The van der Waals surface area contributed by atoms with Gasteiger partial charge in [-0.25, -0.2) is 4.39 Å². The van der Waals surface area contributed by atoms with Crippen LogP contribution in [0.4, 0.5) is 10.1 Å². The lowest BCUT2D eigenvalue weighted by Gasteiger charge is -2.33. The zero-order valence-corrected chi connectivity index (χ0v) is 15.4. The van der Waals surface area contributed by atoms with Crippen molar-refractivity contribution in [3.8, 4) is 0 Å². The van der Waals surface area contributed by atoms with Crippen molar-refractivity contribution in [3.05, 3.63) is 59.9 Å². The molecule has 25 heavy (non-hydrogen) atoms. The van der Waals surface area contributed by atoms with Gasteiger partial charge in [0, 0.05) is 35.1 Å². The lowest BCUT2D eigenvalue weighted by Crippen LogP contribution is -2.42. The van der Waals surface area contributed by atoms with E-state index >= 15 is 0 Å². The Bertz CT molecular complexity index is 786. The molecular formula is C19H19FN2OS2. The minimum atomic E-state index is -0.237. The third-order valence-electron chi connectivity index (χ3n) is 4.53. The van der Waals surface area contributed by atoms with Crippen molar-refractivity contribution < 1.29 is 9.18 Å². The molecule has 0 radical (unpaired) electrons. The summed E-state index contributed by atoms with van der Waals surface area (Å²) in [4.78, 5) is 18.2. The van der Waals surface area contributed by atoms with E-state index in [2.05, 4.69) is 17.0 Å². The van der Waals surface area contributed by atoms with Crippen LogP contribution < -0.4 is 4.90 Å². The van der Waals surface area contributed by atoms with Gasteiger partial charge < -0.3 is 9.80 Å². The van der Waals surface area contributed by atoms with E-state index in [1.165, 1.54) is 11.0 Å². The molecule has 0 N–H and O–H groups in total. The van der Waals surface area contributed by atoms with Gasteiger partial charge in [-0.05, 0) is 18.2 Å². The lowest BCUT2D eigenvalue weighted by atomic mass is 10.2. The number of amides is 1. The van der Waals surface area contributed by atoms with Crippen molar-refractivity contribution in [1.29, 1.82) is 0 Å². The number of thioether (sulfide) groups is 2. The fraction of sp³-hybridized carbons (Fsp3) is 0.316. The summed E-state index contributed by atoms with van der Waals surface area (Å²) >= 11 is 3.47. The Hall–Kier alpha value is -1.66. The first-order valence-electron chi connectivity index (χ1n) is 8.36. The fourth-order valence-electron chi connectivity index (χ4n) is 3.30. The highest BCUT2D eigenvalue weighted by molar-refractivity contribution is 7.99. The van der Waals surface area contributed by atoms with E-state index < -0.39 is 0 Å². The number of hydrogen-bond donors (Lipinski definition) is 0. The summed E-state index contributed by atoms with van der Waals surface area (Å²) in [7, 11) is 0. The fourth-order valence-corrected chi connectivity index (χ4v) is 5.65. The smallest absolute Gasteiger partial charge is 0.243 e. The molecule has 2 aromatic carbocycles. The van der Waals surface area contributed by atoms with Gasteiger partial charge in [-0.15, -0.1) is 23.5 Å². The van der Waals surface area contributed by atoms with Crippen LogP contribution >= 0.6 is 23.5 Å². The van der Waals surface area contributed by atoms with Crippen molar-refractivity contribution in [1.82, 2.24) is 4.90 Å². The summed E-state index contributed by atoms with van der Waals surface area (Å²) < 4.78 is 14.2. The van der Waals surface area contributed by atoms with Crippen LogP contribution in [-0.2, 0) is 4.79 Å². The number of halogens is 1. The van der Waals surface area contributed by atoms with Crippen LogP contribution in [0.25, 0.3) is 0 Å². The molecule has 130 valence electrons. The van der Waals surface area contributed by atoms with Crippen LogP contribution in [0.15, 0.2) is 53.4 Å². The number of nitrogens with zero attached hydrogens (tertiary/aromatic N) is 2. The minimum absolute atomic E-state index is 0.0694. The number of carbonyl (C=O) groups excluding carboxylic acids is 1. The molecule has 2 heterocycles. The summed E-state index contributed by atoms with van der Waals surface area (Å²) in [5, 5.41) is -0.219. The standard InChI is InChI=1S/C19H19FN2OS2/c20-15-6-2-1-5-14(15)19-22(10-12-25-19)18(23)13-21-9-11-24-17-8-4-3-7-16(17)21/h1-8,19H,9-13H2/t19-/m0/s1. The van der Waals surface area contributed by atoms with Crippen molar-refractivity contribution in [2.45, 2.75) is 10.3 Å². The number of carbonyl (C=O) groups is 1. The highest BCUT2D eigenvalue weighted by atomic mass is 32.2. The molecule has 1 saturated heterocycles. The van der Waals surface area contributed by atoms with Crippen LogP contribution in [0.2, 0.25) is 0 Å². The predicted octanol–water partition coefficient (Wildman–Crippen LogP) is 4.01. The van der Waals surface area contributed by atoms with Crippen LogP contribution in [0, 0.1) is 5.82 Å². The van der Waals surface area contributed by atoms with Crippen LogP contribution in [-0.4, -0.2) is 41.9 Å². The molecule has 0 saturated carbocycles. The Balaban J connectivity index is 1.53. The zero-order chi connectivity index (χ0) is 17.2. The average Bonchev–Trinajstić information content (AvgIpc) is 3.12. The minimum Gasteiger partial charge on any atom is -0.360 e. The maximum Gasteiger partial charge on any atom is 0.243 e. The van der Waals surface area contributed by atoms with Crippen molar-refractivity contribution in [2.24, 2.45) is 0 Å². The molecule has 0 unspecified atom stereocenters. The van der Waals surface area contributed by atoms with E-state index in [0.717, 1.165) is 23.7 Å². The monoisotopic (exact) mass is 374 g/mol. The molecule has 0 aromatic heterocycles. The number of para-hydroxylation sites is 1. The first kappa shape index (κ1) is 16.8. The Labute approximate surface area is 155 Å². The average molecular weight is 375 g/mol. The summed E-state index contributed by atoms with van der Waals surface area (Å²) in [5.41, 5.74) is 1.73. The van der Waals surface area contributed by atoms with Crippen molar-refractivity contribution in [2.75, 3.05) is 36.0 Å². The Morgan fingerprint density at radius 3 is 2.76 bits per heavy atom. The predicted molar refractivity (Wildman–Crippen MR) is 103 cm³/mol. The molecule has 4 rings (SSSR count). The second kappa shape index (κ2) is 7.30. The summed E-state index contributed by atoms with van der Waals surface area (Å²) in [6.45, 7) is 1.88. The van der Waals surface area contributed by atoms with Crippen LogP contribution in [0.5, 0.6) is 0 Å². The molecular weight excluding hydrogens is 355 g/mol. The van der Waals surface area contributed by atoms with E-state index in [-0.39, 0.29) is 17.1 Å². The van der Waals surface area contributed by atoms with Gasteiger partial charge in [0.2, 0.25) is 5.91 Å². The number of fused-ring (bicyclic) bond motifs is 1. The van der Waals surface area contributed by atoms with E-state index in [9.17, 15) is 9.18 Å². The Morgan fingerprint density at radius 2 is 1.88 bits per heavy atom. The maximum absolute atomic E-state index is 14.2.